The number of hydrogen-bond acceptors (Lipinski definition) is 3. The molecule has 2 nitrogen and oxygen atoms in total. The van der Waals surface area contributed by atoms with Gasteiger partial charge in [0, 0.05) is 5.25 Å². The van der Waals surface area contributed by atoms with Gasteiger partial charge in [-0.1, -0.05) is 12.8 Å². The Balaban J connectivity index is 2.44. The Morgan fingerprint density at radius 2 is 1.92 bits per heavy atom. The van der Waals surface area contributed by atoms with E-state index in [0.717, 1.165) is 0 Å². The molecule has 0 radical (unpaired) electrons. The van der Waals surface area contributed by atoms with Crippen LogP contribution in [0.1, 0.15) is 39.5 Å². The summed E-state index contributed by atoms with van der Waals surface area (Å²) in [5.74, 6) is -0.107. The second kappa shape index (κ2) is 4.36. The van der Waals surface area contributed by atoms with Gasteiger partial charge in [-0.15, -0.1) is 11.8 Å². The van der Waals surface area contributed by atoms with Gasteiger partial charge in [-0.2, -0.15) is 0 Å². The van der Waals surface area contributed by atoms with Gasteiger partial charge in [0.05, 0.1) is 7.11 Å². The minimum absolute atomic E-state index is 0.107. The predicted molar refractivity (Wildman–Crippen MR) is 55.9 cm³/mol. The van der Waals surface area contributed by atoms with Crippen LogP contribution in [0.3, 0.4) is 0 Å². The molecule has 0 N–H and O–H groups in total. The Kier molecular flexibility index (Phi) is 3.65. The Bertz CT molecular complexity index is 183. The third kappa shape index (κ3) is 2.90. The number of carbonyl (C=O) groups is 1. The van der Waals surface area contributed by atoms with E-state index in [1.54, 1.807) is 11.8 Å². The van der Waals surface area contributed by atoms with Crippen molar-refractivity contribution in [3.05, 3.63) is 0 Å². The van der Waals surface area contributed by atoms with Crippen molar-refractivity contribution in [2.45, 2.75) is 49.5 Å². The second-order valence-electron chi connectivity index (χ2n) is 4.03. The first-order chi connectivity index (χ1) is 6.06. The molecule has 1 saturated carbocycles. The molecular weight excluding hydrogens is 184 g/mol. The number of hydrogen-bond donors (Lipinski definition) is 0. The molecule has 0 atom stereocenters. The molecule has 0 aromatic rings. The van der Waals surface area contributed by atoms with Gasteiger partial charge in [-0.05, 0) is 26.7 Å². The van der Waals surface area contributed by atoms with Crippen LogP contribution in [0.25, 0.3) is 0 Å². The molecule has 0 aromatic carbocycles. The van der Waals surface area contributed by atoms with Crippen LogP contribution in [0.5, 0.6) is 0 Å². The summed E-state index contributed by atoms with van der Waals surface area (Å²) < 4.78 is 4.39. The van der Waals surface area contributed by atoms with E-state index in [1.165, 1.54) is 32.8 Å². The van der Waals surface area contributed by atoms with Crippen molar-refractivity contribution in [2.75, 3.05) is 7.11 Å². The molecule has 1 aliphatic rings. The summed E-state index contributed by atoms with van der Waals surface area (Å²) in [6.07, 6.45) is 5.14. The van der Waals surface area contributed by atoms with E-state index in [2.05, 4.69) is 0 Å². The van der Waals surface area contributed by atoms with Gasteiger partial charge in [-0.25, -0.2) is 0 Å². The van der Waals surface area contributed by atoms with E-state index in [9.17, 15) is 4.79 Å². The lowest BCUT2D eigenvalue weighted by molar-refractivity contribution is -0.142. The maximum atomic E-state index is 11.4. The van der Waals surface area contributed by atoms with Gasteiger partial charge in [0.25, 0.3) is 0 Å². The lowest BCUT2D eigenvalue weighted by atomic mass is 10.2. The Morgan fingerprint density at radius 3 is 2.38 bits per heavy atom. The van der Waals surface area contributed by atoms with Crippen molar-refractivity contribution < 1.29 is 9.53 Å². The average Bonchev–Trinajstić information content (AvgIpc) is 2.54. The fourth-order valence-corrected chi connectivity index (χ4v) is 3.30. The number of methoxy groups -OCH3 is 1. The average molecular weight is 202 g/mol. The summed E-state index contributed by atoms with van der Waals surface area (Å²) in [4.78, 5) is 11.4. The first-order valence-electron chi connectivity index (χ1n) is 4.82. The molecule has 3 heteroatoms. The van der Waals surface area contributed by atoms with Crippen molar-refractivity contribution >= 4 is 17.7 Å². The molecule has 0 bridgehead atoms. The van der Waals surface area contributed by atoms with Crippen LogP contribution in [0.2, 0.25) is 0 Å². The Morgan fingerprint density at radius 1 is 1.38 bits per heavy atom. The topological polar surface area (TPSA) is 26.3 Å². The molecule has 76 valence electrons. The molecule has 0 saturated heterocycles. The van der Waals surface area contributed by atoms with Crippen molar-refractivity contribution in [3.63, 3.8) is 0 Å². The smallest absolute Gasteiger partial charge is 0.321 e. The van der Waals surface area contributed by atoms with Crippen LogP contribution in [0, 0.1) is 0 Å². The third-order valence-electron chi connectivity index (χ3n) is 2.44. The quantitative estimate of drug-likeness (QED) is 0.658. The summed E-state index contributed by atoms with van der Waals surface area (Å²) in [6, 6.07) is 0. The SMILES string of the molecule is COC(=O)C(C)(C)SC1CCCC1. The normalized spacial score (nSPS) is 19.0. The number of thioether (sulfide) groups is 1. The zero-order valence-electron chi connectivity index (χ0n) is 8.63. The van der Waals surface area contributed by atoms with Crippen LogP contribution in [-0.2, 0) is 9.53 Å². The minimum Gasteiger partial charge on any atom is -0.468 e. The summed E-state index contributed by atoms with van der Waals surface area (Å²) in [5, 5.41) is 0.661. The highest BCUT2D eigenvalue weighted by Crippen LogP contribution is 2.38. The second-order valence-corrected chi connectivity index (χ2v) is 5.95. The molecule has 1 aliphatic carbocycles. The van der Waals surface area contributed by atoms with Gasteiger partial charge in [-0.3, -0.25) is 4.79 Å². The molecule has 1 rings (SSSR count). The third-order valence-corrected chi connectivity index (χ3v) is 4.00. The van der Waals surface area contributed by atoms with Crippen LogP contribution in [0.15, 0.2) is 0 Å². The zero-order valence-corrected chi connectivity index (χ0v) is 9.45. The van der Waals surface area contributed by atoms with Crippen LogP contribution in [0.4, 0.5) is 0 Å². The number of ether oxygens (including phenoxy) is 1. The van der Waals surface area contributed by atoms with E-state index < -0.39 is 0 Å². The summed E-state index contributed by atoms with van der Waals surface area (Å²) in [5.41, 5.74) is 0. The summed E-state index contributed by atoms with van der Waals surface area (Å²) in [6.45, 7) is 3.89. The molecule has 0 aromatic heterocycles. The van der Waals surface area contributed by atoms with E-state index in [0.29, 0.717) is 5.25 Å². The Hall–Kier alpha value is -0.180. The van der Waals surface area contributed by atoms with Crippen molar-refractivity contribution in [3.8, 4) is 0 Å². The molecule has 0 aliphatic heterocycles. The van der Waals surface area contributed by atoms with E-state index in [-0.39, 0.29) is 10.7 Å². The number of carbonyl (C=O) groups excluding carboxylic acids is 1. The molecule has 0 spiro atoms. The fourth-order valence-electron chi connectivity index (χ4n) is 1.72. The highest BCUT2D eigenvalue weighted by Gasteiger charge is 2.33. The fraction of sp³-hybridized carbons (Fsp3) is 0.900. The van der Waals surface area contributed by atoms with Gasteiger partial charge < -0.3 is 4.74 Å². The first-order valence-corrected chi connectivity index (χ1v) is 5.70. The van der Waals surface area contributed by atoms with Crippen molar-refractivity contribution in [1.82, 2.24) is 0 Å². The van der Waals surface area contributed by atoms with Gasteiger partial charge in [0.1, 0.15) is 4.75 Å². The van der Waals surface area contributed by atoms with Gasteiger partial charge >= 0.3 is 5.97 Å². The summed E-state index contributed by atoms with van der Waals surface area (Å²) in [7, 11) is 1.46. The van der Waals surface area contributed by atoms with Crippen LogP contribution < -0.4 is 0 Å². The van der Waals surface area contributed by atoms with Gasteiger partial charge in [0.2, 0.25) is 0 Å². The largest absolute Gasteiger partial charge is 0.468 e. The standard InChI is InChI=1S/C10H18O2S/c1-10(2,9(11)12-3)13-8-6-4-5-7-8/h8H,4-7H2,1-3H3. The maximum Gasteiger partial charge on any atom is 0.321 e. The highest BCUT2D eigenvalue weighted by atomic mass is 32.2. The minimum atomic E-state index is -0.371. The molecular formula is C10H18O2S. The first kappa shape index (κ1) is 10.9. The molecule has 1 fully saturated rings. The zero-order chi connectivity index (χ0) is 9.90. The van der Waals surface area contributed by atoms with Crippen LogP contribution in [-0.4, -0.2) is 23.1 Å². The van der Waals surface area contributed by atoms with Crippen LogP contribution >= 0.6 is 11.8 Å². The maximum absolute atomic E-state index is 11.4. The lowest BCUT2D eigenvalue weighted by Crippen LogP contribution is -2.31. The van der Waals surface area contributed by atoms with Crippen molar-refractivity contribution in [1.29, 1.82) is 0 Å². The summed E-state index contributed by atoms with van der Waals surface area (Å²) >= 11 is 1.77. The molecule has 0 unspecified atom stereocenters. The number of rotatable bonds is 3. The molecule has 13 heavy (non-hydrogen) atoms. The number of esters is 1. The van der Waals surface area contributed by atoms with E-state index in [4.69, 9.17) is 4.74 Å². The van der Waals surface area contributed by atoms with Gasteiger partial charge in [0.15, 0.2) is 0 Å². The van der Waals surface area contributed by atoms with E-state index >= 15 is 0 Å². The monoisotopic (exact) mass is 202 g/mol. The molecule has 0 heterocycles. The highest BCUT2D eigenvalue weighted by molar-refractivity contribution is 8.01. The van der Waals surface area contributed by atoms with E-state index in [1.807, 2.05) is 13.8 Å². The predicted octanol–water partition coefficient (Wildman–Crippen LogP) is 2.61. The van der Waals surface area contributed by atoms with Crippen molar-refractivity contribution in [2.24, 2.45) is 0 Å². The Labute approximate surface area is 84.4 Å². The molecule has 0 amide bonds. The lowest BCUT2D eigenvalue weighted by Gasteiger charge is -2.24.